The van der Waals surface area contributed by atoms with Gasteiger partial charge in [0.2, 0.25) is 0 Å². The minimum atomic E-state index is -0.184. The molecule has 20 heavy (non-hydrogen) atoms. The maximum Gasteiger partial charge on any atom is 0.123 e. The predicted octanol–water partition coefficient (Wildman–Crippen LogP) is 3.45. The molecular formula is C16H24FNOS. The van der Waals surface area contributed by atoms with Gasteiger partial charge in [-0.05, 0) is 61.7 Å². The number of likely N-dealkylation sites (N-methyl/N-ethyl adjacent to an activating group) is 1. The number of benzene rings is 1. The number of nitrogens with one attached hydrogen (secondary N) is 1. The van der Waals surface area contributed by atoms with E-state index in [1.54, 1.807) is 11.8 Å². The highest BCUT2D eigenvalue weighted by Crippen LogP contribution is 2.38. The van der Waals surface area contributed by atoms with E-state index in [4.69, 9.17) is 0 Å². The number of hydrogen-bond donors (Lipinski definition) is 2. The fraction of sp³-hybridized carbons (Fsp3) is 0.625. The number of rotatable bonds is 7. The summed E-state index contributed by atoms with van der Waals surface area (Å²) in [5, 5.41) is 13.3. The Balaban J connectivity index is 1.85. The van der Waals surface area contributed by atoms with Gasteiger partial charge in [0.1, 0.15) is 5.82 Å². The van der Waals surface area contributed by atoms with Gasteiger partial charge < -0.3 is 10.4 Å². The number of thioether (sulfide) groups is 1. The molecule has 1 aromatic rings. The highest BCUT2D eigenvalue weighted by atomic mass is 32.2. The van der Waals surface area contributed by atoms with E-state index in [2.05, 4.69) is 12.2 Å². The molecule has 4 heteroatoms. The second kappa shape index (κ2) is 7.43. The molecule has 0 bridgehead atoms. The Morgan fingerprint density at radius 1 is 1.40 bits per heavy atom. The van der Waals surface area contributed by atoms with Crippen molar-refractivity contribution in [3.05, 3.63) is 30.1 Å². The van der Waals surface area contributed by atoms with Crippen molar-refractivity contribution in [2.24, 2.45) is 5.92 Å². The Labute approximate surface area is 125 Å². The minimum Gasteiger partial charge on any atom is -0.394 e. The van der Waals surface area contributed by atoms with Crippen LogP contribution in [0.1, 0.15) is 32.6 Å². The van der Waals surface area contributed by atoms with E-state index in [0.717, 1.165) is 30.0 Å². The molecule has 1 saturated carbocycles. The summed E-state index contributed by atoms with van der Waals surface area (Å²) in [5.41, 5.74) is -0.0713. The normalized spacial score (nSPS) is 26.1. The van der Waals surface area contributed by atoms with Gasteiger partial charge in [0.15, 0.2) is 0 Å². The lowest BCUT2D eigenvalue weighted by Gasteiger charge is -2.35. The molecule has 1 aliphatic rings. The molecule has 2 unspecified atom stereocenters. The van der Waals surface area contributed by atoms with Gasteiger partial charge >= 0.3 is 0 Å². The third-order valence-electron chi connectivity index (χ3n) is 4.32. The summed E-state index contributed by atoms with van der Waals surface area (Å²) in [6.45, 7) is 3.23. The van der Waals surface area contributed by atoms with Crippen LogP contribution >= 0.6 is 11.8 Å². The maximum absolute atomic E-state index is 12.8. The topological polar surface area (TPSA) is 32.3 Å². The Morgan fingerprint density at radius 3 is 2.80 bits per heavy atom. The lowest BCUT2D eigenvalue weighted by atomic mass is 9.86. The Hall–Kier alpha value is -0.580. The average Bonchev–Trinajstić information content (AvgIpc) is 2.85. The maximum atomic E-state index is 12.8. The lowest BCUT2D eigenvalue weighted by molar-refractivity contribution is 0.124. The van der Waals surface area contributed by atoms with Crippen LogP contribution in [0.2, 0.25) is 0 Å². The van der Waals surface area contributed by atoms with Crippen LogP contribution in [0.3, 0.4) is 0 Å². The van der Waals surface area contributed by atoms with Crippen molar-refractivity contribution in [1.29, 1.82) is 0 Å². The minimum absolute atomic E-state index is 0.0713. The molecule has 2 nitrogen and oxygen atoms in total. The highest BCUT2D eigenvalue weighted by Gasteiger charge is 2.41. The quantitative estimate of drug-likeness (QED) is 0.756. The first-order valence-corrected chi connectivity index (χ1v) is 8.43. The van der Waals surface area contributed by atoms with Gasteiger partial charge in [-0.3, -0.25) is 0 Å². The first kappa shape index (κ1) is 15.8. The summed E-state index contributed by atoms with van der Waals surface area (Å²) in [6.07, 6.45) is 4.55. The smallest absolute Gasteiger partial charge is 0.123 e. The monoisotopic (exact) mass is 297 g/mol. The van der Waals surface area contributed by atoms with Crippen LogP contribution in [0.15, 0.2) is 29.2 Å². The van der Waals surface area contributed by atoms with Gasteiger partial charge in [0.05, 0.1) is 6.61 Å². The predicted molar refractivity (Wildman–Crippen MR) is 82.6 cm³/mol. The molecule has 1 fully saturated rings. The molecule has 112 valence electrons. The van der Waals surface area contributed by atoms with Crippen LogP contribution in [0.5, 0.6) is 0 Å². The summed E-state index contributed by atoms with van der Waals surface area (Å²) in [5.74, 6) is 1.38. The number of halogens is 1. The summed E-state index contributed by atoms with van der Waals surface area (Å²) >= 11 is 1.77. The number of hydrogen-bond acceptors (Lipinski definition) is 3. The molecule has 2 rings (SSSR count). The lowest BCUT2D eigenvalue weighted by Crippen LogP contribution is -2.51. The molecule has 0 radical (unpaired) electrons. The van der Waals surface area contributed by atoms with E-state index in [9.17, 15) is 9.50 Å². The van der Waals surface area contributed by atoms with Gasteiger partial charge in [0, 0.05) is 10.4 Å². The third kappa shape index (κ3) is 3.74. The van der Waals surface area contributed by atoms with Crippen molar-refractivity contribution in [3.8, 4) is 0 Å². The van der Waals surface area contributed by atoms with E-state index in [-0.39, 0.29) is 18.0 Å². The average molecular weight is 297 g/mol. The molecule has 2 N–H and O–H groups in total. The molecule has 0 aromatic heterocycles. The molecule has 1 aromatic carbocycles. The van der Waals surface area contributed by atoms with Crippen LogP contribution < -0.4 is 5.32 Å². The van der Waals surface area contributed by atoms with Crippen molar-refractivity contribution in [2.75, 3.05) is 18.9 Å². The molecule has 0 amide bonds. The second-order valence-electron chi connectivity index (χ2n) is 5.52. The number of aliphatic hydroxyl groups excluding tert-OH is 1. The molecule has 2 atom stereocenters. The zero-order valence-electron chi connectivity index (χ0n) is 12.1. The fourth-order valence-electron chi connectivity index (χ4n) is 3.26. The summed E-state index contributed by atoms with van der Waals surface area (Å²) < 4.78 is 12.8. The van der Waals surface area contributed by atoms with Gasteiger partial charge in [-0.1, -0.05) is 13.3 Å². The summed E-state index contributed by atoms with van der Waals surface area (Å²) in [4.78, 5) is 1.11. The number of aliphatic hydroxyl groups is 1. The van der Waals surface area contributed by atoms with Crippen LogP contribution in [-0.2, 0) is 0 Å². The van der Waals surface area contributed by atoms with Crippen molar-refractivity contribution < 1.29 is 9.50 Å². The molecule has 1 aliphatic carbocycles. The Bertz CT molecular complexity index is 411. The summed E-state index contributed by atoms with van der Waals surface area (Å²) in [6, 6.07) is 6.68. The zero-order chi connectivity index (χ0) is 14.4. The SMILES string of the molecule is CCNC1(CO)CCCC1CCSc1ccc(F)cc1. The van der Waals surface area contributed by atoms with Crippen molar-refractivity contribution in [2.45, 2.75) is 43.0 Å². The Kier molecular flexibility index (Phi) is 5.87. The van der Waals surface area contributed by atoms with E-state index in [1.807, 2.05) is 12.1 Å². The second-order valence-corrected chi connectivity index (χ2v) is 6.69. The molecule has 0 heterocycles. The van der Waals surface area contributed by atoms with Gasteiger partial charge in [-0.25, -0.2) is 4.39 Å². The van der Waals surface area contributed by atoms with E-state index in [0.29, 0.717) is 5.92 Å². The van der Waals surface area contributed by atoms with E-state index >= 15 is 0 Å². The molecule has 0 aliphatic heterocycles. The van der Waals surface area contributed by atoms with E-state index in [1.165, 1.54) is 25.0 Å². The van der Waals surface area contributed by atoms with Gasteiger partial charge in [-0.15, -0.1) is 11.8 Å². The first-order chi connectivity index (χ1) is 9.70. The van der Waals surface area contributed by atoms with Crippen LogP contribution in [0.25, 0.3) is 0 Å². The van der Waals surface area contributed by atoms with E-state index < -0.39 is 0 Å². The largest absolute Gasteiger partial charge is 0.394 e. The standard InChI is InChI=1S/C16H24FNOS/c1-2-18-16(12-19)10-3-4-13(16)9-11-20-15-7-5-14(17)6-8-15/h5-8,13,18-19H,2-4,9-12H2,1H3. The van der Waals surface area contributed by atoms with Crippen molar-refractivity contribution >= 4 is 11.8 Å². The van der Waals surface area contributed by atoms with Gasteiger partial charge in [0.25, 0.3) is 0 Å². The molecular weight excluding hydrogens is 273 g/mol. The fourth-order valence-corrected chi connectivity index (χ4v) is 4.23. The zero-order valence-corrected chi connectivity index (χ0v) is 12.9. The highest BCUT2D eigenvalue weighted by molar-refractivity contribution is 7.99. The molecule has 0 saturated heterocycles. The van der Waals surface area contributed by atoms with Crippen LogP contribution in [0.4, 0.5) is 4.39 Å². The van der Waals surface area contributed by atoms with Crippen LogP contribution in [-0.4, -0.2) is 29.5 Å². The van der Waals surface area contributed by atoms with Crippen molar-refractivity contribution in [1.82, 2.24) is 5.32 Å². The Morgan fingerprint density at radius 2 is 2.15 bits per heavy atom. The van der Waals surface area contributed by atoms with Gasteiger partial charge in [-0.2, -0.15) is 0 Å². The first-order valence-electron chi connectivity index (χ1n) is 7.44. The van der Waals surface area contributed by atoms with Crippen LogP contribution in [0, 0.1) is 11.7 Å². The van der Waals surface area contributed by atoms with Crippen molar-refractivity contribution in [3.63, 3.8) is 0 Å². The third-order valence-corrected chi connectivity index (χ3v) is 5.36. The summed E-state index contributed by atoms with van der Waals surface area (Å²) in [7, 11) is 0. The molecule has 0 spiro atoms.